The van der Waals surface area contributed by atoms with Crippen molar-refractivity contribution in [1.29, 1.82) is 10.8 Å². The lowest BCUT2D eigenvalue weighted by molar-refractivity contribution is 0.206. The number of thioether (sulfide) groups is 1. The molecule has 2 fully saturated rings. The molecule has 5 rings (SSSR count). The molecular formula is C23H28N8S. The molecule has 1 saturated carbocycles. The second-order valence-electron chi connectivity index (χ2n) is 8.63. The molecule has 9 heteroatoms. The number of nitrogens with two attached hydrogens (primary N) is 1. The summed E-state index contributed by atoms with van der Waals surface area (Å²) in [4.78, 5) is 6.95. The minimum absolute atomic E-state index is 0.315. The Kier molecular flexibility index (Phi) is 5.95. The van der Waals surface area contributed by atoms with E-state index in [1.54, 1.807) is 6.33 Å². The maximum atomic E-state index is 8.41. The second-order valence-corrected chi connectivity index (χ2v) is 9.68. The molecule has 0 unspecified atom stereocenters. The summed E-state index contributed by atoms with van der Waals surface area (Å²) in [5.41, 5.74) is 9.87. The van der Waals surface area contributed by atoms with E-state index < -0.39 is 0 Å². The number of hydrogen-bond acceptors (Lipinski definition) is 8. The lowest BCUT2D eigenvalue weighted by Crippen LogP contribution is -2.39. The fourth-order valence-corrected chi connectivity index (χ4v) is 4.93. The average molecular weight is 449 g/mol. The van der Waals surface area contributed by atoms with Gasteiger partial charge in [0, 0.05) is 36.0 Å². The van der Waals surface area contributed by atoms with Crippen LogP contribution in [0.1, 0.15) is 36.8 Å². The number of nitrogens with zero attached hydrogens (tertiary/aromatic N) is 4. The molecule has 0 radical (unpaired) electrons. The maximum Gasteiger partial charge on any atom is 0.158 e. The normalized spacial score (nSPS) is 17.5. The van der Waals surface area contributed by atoms with Crippen LogP contribution in [0.15, 0.2) is 42.9 Å². The summed E-state index contributed by atoms with van der Waals surface area (Å²) >= 11 is 1.26. The Morgan fingerprint density at radius 1 is 1.16 bits per heavy atom. The van der Waals surface area contributed by atoms with E-state index in [2.05, 4.69) is 26.4 Å². The first-order valence-electron chi connectivity index (χ1n) is 11.1. The fourth-order valence-electron chi connectivity index (χ4n) is 4.06. The van der Waals surface area contributed by atoms with Gasteiger partial charge < -0.3 is 11.1 Å². The van der Waals surface area contributed by atoms with Gasteiger partial charge in [-0.1, -0.05) is 23.9 Å². The van der Waals surface area contributed by atoms with Crippen LogP contribution in [-0.2, 0) is 6.54 Å². The van der Waals surface area contributed by atoms with Crippen LogP contribution in [0.3, 0.4) is 0 Å². The van der Waals surface area contributed by atoms with Crippen molar-refractivity contribution in [2.75, 3.05) is 18.4 Å². The quantitative estimate of drug-likeness (QED) is 0.336. The largest absolute Gasteiger partial charge is 0.338 e. The lowest BCUT2D eigenvalue weighted by Gasteiger charge is -2.29. The van der Waals surface area contributed by atoms with Crippen molar-refractivity contribution in [2.24, 2.45) is 11.7 Å². The molecule has 5 N–H and O–H groups in total. The molecule has 1 aliphatic heterocycles. The summed E-state index contributed by atoms with van der Waals surface area (Å²) in [6.07, 6.45) is 7.74. The minimum Gasteiger partial charge on any atom is -0.338 e. The first kappa shape index (κ1) is 21.1. The number of fused-ring (bicyclic) bond motifs is 1. The molecule has 1 aromatic carbocycles. The summed E-state index contributed by atoms with van der Waals surface area (Å²) in [7, 11) is 0. The number of rotatable bonds is 6. The first-order chi connectivity index (χ1) is 15.6. The monoisotopic (exact) mass is 448 g/mol. The maximum absolute atomic E-state index is 8.41. The third-order valence-electron chi connectivity index (χ3n) is 6.11. The second kappa shape index (κ2) is 9.01. The third kappa shape index (κ3) is 4.69. The third-order valence-corrected chi connectivity index (χ3v) is 7.10. The van der Waals surface area contributed by atoms with Gasteiger partial charge in [0.1, 0.15) is 16.9 Å². The van der Waals surface area contributed by atoms with Crippen LogP contribution in [0.4, 0.5) is 11.5 Å². The lowest BCUT2D eigenvalue weighted by atomic mass is 10.1. The van der Waals surface area contributed by atoms with Crippen molar-refractivity contribution in [2.45, 2.75) is 38.3 Å². The van der Waals surface area contributed by atoms with Crippen molar-refractivity contribution in [3.8, 4) is 0 Å². The Morgan fingerprint density at radius 3 is 2.75 bits per heavy atom. The van der Waals surface area contributed by atoms with E-state index in [0.717, 1.165) is 67.9 Å². The number of likely N-dealkylation sites (tertiary alicyclic amines) is 1. The van der Waals surface area contributed by atoms with Gasteiger partial charge in [0.05, 0.1) is 5.04 Å². The Bertz CT molecular complexity index is 1140. The average Bonchev–Trinajstić information content (AvgIpc) is 3.57. The number of nitrogens with one attached hydrogen (secondary N) is 3. The Morgan fingerprint density at radius 2 is 1.97 bits per heavy atom. The summed E-state index contributed by atoms with van der Waals surface area (Å²) in [6, 6.07) is 10.2. The summed E-state index contributed by atoms with van der Waals surface area (Å²) < 4.78 is 1.86. The van der Waals surface area contributed by atoms with Gasteiger partial charge >= 0.3 is 0 Å². The molecule has 0 spiro atoms. The summed E-state index contributed by atoms with van der Waals surface area (Å²) in [6.45, 7) is 2.86. The van der Waals surface area contributed by atoms with Crippen LogP contribution in [0.25, 0.3) is 5.52 Å². The highest BCUT2D eigenvalue weighted by atomic mass is 32.2. The molecule has 32 heavy (non-hydrogen) atoms. The Labute approximate surface area is 191 Å². The molecule has 8 nitrogen and oxygen atoms in total. The smallest absolute Gasteiger partial charge is 0.158 e. The van der Waals surface area contributed by atoms with Crippen LogP contribution >= 0.6 is 11.8 Å². The van der Waals surface area contributed by atoms with Crippen molar-refractivity contribution in [3.05, 3.63) is 54.0 Å². The van der Waals surface area contributed by atoms with Crippen LogP contribution < -0.4 is 11.1 Å². The molecule has 166 valence electrons. The van der Waals surface area contributed by atoms with Gasteiger partial charge in [-0.3, -0.25) is 15.7 Å². The van der Waals surface area contributed by atoms with Crippen LogP contribution in [0.2, 0.25) is 0 Å². The first-order valence-corrected chi connectivity index (χ1v) is 11.9. The number of benzene rings is 1. The van der Waals surface area contributed by atoms with Crippen molar-refractivity contribution >= 4 is 38.9 Å². The van der Waals surface area contributed by atoms with Gasteiger partial charge in [0.25, 0.3) is 0 Å². The number of aromatic nitrogens is 3. The predicted octanol–water partition coefficient (Wildman–Crippen LogP) is 3.84. The van der Waals surface area contributed by atoms with Gasteiger partial charge in [-0.25, -0.2) is 9.50 Å². The van der Waals surface area contributed by atoms with E-state index in [9.17, 15) is 0 Å². The zero-order valence-corrected chi connectivity index (χ0v) is 18.7. The van der Waals surface area contributed by atoms with E-state index in [1.807, 2.05) is 35.0 Å². The zero-order valence-electron chi connectivity index (χ0n) is 17.9. The van der Waals surface area contributed by atoms with Crippen molar-refractivity contribution in [1.82, 2.24) is 19.5 Å². The Hall–Kier alpha value is -2.75. The van der Waals surface area contributed by atoms with Crippen molar-refractivity contribution in [3.63, 3.8) is 0 Å². The van der Waals surface area contributed by atoms with E-state index in [1.165, 1.54) is 17.3 Å². The highest BCUT2D eigenvalue weighted by molar-refractivity contribution is 8.26. The molecule has 2 aromatic heterocycles. The van der Waals surface area contributed by atoms with Gasteiger partial charge in [-0.2, -0.15) is 5.10 Å². The van der Waals surface area contributed by atoms with E-state index in [0.29, 0.717) is 22.0 Å². The fraction of sp³-hybridized carbons (Fsp3) is 0.391. The molecule has 2 aliphatic rings. The molecule has 0 bridgehead atoms. The molecule has 1 aliphatic carbocycles. The van der Waals surface area contributed by atoms with Crippen LogP contribution in [-0.4, -0.2) is 48.7 Å². The number of anilines is 2. The highest BCUT2D eigenvalue weighted by Crippen LogP contribution is 2.35. The van der Waals surface area contributed by atoms with E-state index in [4.69, 9.17) is 16.6 Å². The van der Waals surface area contributed by atoms with Crippen molar-refractivity contribution < 1.29 is 0 Å². The van der Waals surface area contributed by atoms with E-state index in [-0.39, 0.29) is 0 Å². The van der Waals surface area contributed by atoms with Gasteiger partial charge in [-0.15, -0.1) is 0 Å². The Balaban J connectivity index is 1.35. The van der Waals surface area contributed by atoms with E-state index >= 15 is 0 Å². The summed E-state index contributed by atoms with van der Waals surface area (Å²) in [5, 5.41) is 25.3. The standard InChI is InChI=1S/C23H28N8S/c24-18-7-9-30(10-8-18)13-17-6-11-31-20(17)23(27-14-28-31)29-19-3-1-2-16(12-19)22(26)32-21(25)15-4-5-15/h1-3,6,11-12,14-15,18,25-26H,4-5,7-10,13,24H2,(H,27,28,29). The molecule has 1 saturated heterocycles. The minimum atomic E-state index is 0.315. The highest BCUT2D eigenvalue weighted by Gasteiger charge is 2.27. The molecular weight excluding hydrogens is 420 g/mol. The zero-order chi connectivity index (χ0) is 22.1. The molecule has 3 heterocycles. The van der Waals surface area contributed by atoms with Crippen LogP contribution in [0.5, 0.6) is 0 Å². The molecule has 3 aromatic rings. The predicted molar refractivity (Wildman–Crippen MR) is 130 cm³/mol. The molecule has 0 atom stereocenters. The van der Waals surface area contributed by atoms with Gasteiger partial charge in [-0.05, 0) is 62.5 Å². The van der Waals surface area contributed by atoms with Gasteiger partial charge in [0.15, 0.2) is 5.82 Å². The number of piperidine rings is 1. The molecule has 0 amide bonds. The summed E-state index contributed by atoms with van der Waals surface area (Å²) in [5.74, 6) is 1.11. The van der Waals surface area contributed by atoms with Gasteiger partial charge in [0.2, 0.25) is 0 Å². The SMILES string of the molecule is N=C(SC(=N)C1CC1)c1cccc(Nc2ncnn3ccc(CN4CCC(N)CC4)c23)c1. The van der Waals surface area contributed by atoms with Crippen LogP contribution in [0, 0.1) is 16.7 Å². The number of hydrogen-bond donors (Lipinski definition) is 4. The topological polar surface area (TPSA) is 119 Å².